The zero-order valence-electron chi connectivity index (χ0n) is 10.8. The van der Waals surface area contributed by atoms with E-state index in [1.165, 1.54) is 10.6 Å². The zero-order valence-corrected chi connectivity index (χ0v) is 10.8. The maximum absolute atomic E-state index is 14.2. The molecule has 0 aromatic carbocycles. The predicted octanol–water partition coefficient (Wildman–Crippen LogP) is 0.937. The molecule has 0 unspecified atom stereocenters. The highest BCUT2D eigenvalue weighted by Gasteiger charge is 2.36. The summed E-state index contributed by atoms with van der Waals surface area (Å²) < 4.78 is 28.6. The number of aromatic nitrogens is 2. The van der Waals surface area contributed by atoms with Crippen LogP contribution >= 0.6 is 0 Å². The fraction of sp³-hybridized carbons (Fsp3) is 0.385. The lowest BCUT2D eigenvalue weighted by Crippen LogP contribution is -2.30. The molecular weight excluding hydrogens is 268 g/mol. The van der Waals surface area contributed by atoms with Crippen LogP contribution in [0.4, 0.5) is 8.78 Å². The van der Waals surface area contributed by atoms with Crippen LogP contribution in [-0.2, 0) is 0 Å². The second-order valence-electron chi connectivity index (χ2n) is 4.98. The zero-order chi connectivity index (χ0) is 14.4. The van der Waals surface area contributed by atoms with Crippen molar-refractivity contribution in [1.29, 1.82) is 0 Å². The molecule has 0 aliphatic carbocycles. The summed E-state index contributed by atoms with van der Waals surface area (Å²) in [4.78, 5) is 17.2. The molecule has 0 bridgehead atoms. The molecule has 1 aliphatic rings. The first kappa shape index (κ1) is 13.0. The van der Waals surface area contributed by atoms with Crippen LogP contribution in [0.15, 0.2) is 18.3 Å². The third kappa shape index (κ3) is 1.94. The Morgan fingerprint density at radius 2 is 2.25 bits per heavy atom. The number of carbonyl (C=O) groups is 1. The van der Waals surface area contributed by atoms with E-state index in [-0.39, 0.29) is 18.8 Å². The monoisotopic (exact) mass is 281 g/mol. The molecule has 1 amide bonds. The van der Waals surface area contributed by atoms with Crippen molar-refractivity contribution in [3.63, 3.8) is 0 Å². The highest BCUT2D eigenvalue weighted by atomic mass is 19.1. The Labute approximate surface area is 113 Å². The minimum absolute atomic E-state index is 0.146. The quantitative estimate of drug-likeness (QED) is 0.846. The van der Waals surface area contributed by atoms with Crippen molar-refractivity contribution in [3.8, 4) is 0 Å². The largest absolute Gasteiger partial charge is 0.388 e. The number of aliphatic hydroxyl groups is 1. The second kappa shape index (κ2) is 4.52. The summed E-state index contributed by atoms with van der Waals surface area (Å²) in [5.74, 6) is -1.48. The summed E-state index contributed by atoms with van der Waals surface area (Å²) in [6.45, 7) is 1.44. The molecule has 1 aliphatic heterocycles. The summed E-state index contributed by atoms with van der Waals surface area (Å²) >= 11 is 0. The highest BCUT2D eigenvalue weighted by molar-refractivity contribution is 5.93. The third-order valence-electron chi connectivity index (χ3n) is 3.43. The van der Waals surface area contributed by atoms with E-state index in [2.05, 4.69) is 4.98 Å². The van der Waals surface area contributed by atoms with Crippen LogP contribution in [0.1, 0.15) is 16.1 Å². The molecule has 2 aromatic heterocycles. The van der Waals surface area contributed by atoms with E-state index in [0.717, 1.165) is 10.5 Å². The average molecular weight is 281 g/mol. The number of hydrogen-bond donors (Lipinski definition) is 1. The number of likely N-dealkylation sites (tertiary alicyclic amines) is 1. The molecule has 0 spiro atoms. The number of alkyl halides is 1. The van der Waals surface area contributed by atoms with E-state index in [4.69, 9.17) is 0 Å². The second-order valence-corrected chi connectivity index (χ2v) is 4.98. The molecule has 5 nitrogen and oxygen atoms in total. The van der Waals surface area contributed by atoms with E-state index >= 15 is 0 Å². The number of carbonyl (C=O) groups excluding carboxylic acids is 1. The summed E-state index contributed by atoms with van der Waals surface area (Å²) in [5, 5.41) is 9.32. The van der Waals surface area contributed by atoms with Crippen molar-refractivity contribution in [2.45, 2.75) is 19.2 Å². The van der Waals surface area contributed by atoms with E-state index in [1.807, 2.05) is 6.92 Å². The number of fused-ring (bicyclic) bond motifs is 1. The van der Waals surface area contributed by atoms with Gasteiger partial charge in [0.1, 0.15) is 17.9 Å². The standard InChI is InChI=1S/C13H13F2N3O2/c1-7-2-3-18-10(4-7)16-11(12(18)15)13(20)17-5-8(14)9(19)6-17/h2-4,8-9,19H,5-6H2,1H3/t8-,9-/m1/s1. The van der Waals surface area contributed by atoms with Crippen molar-refractivity contribution in [2.24, 2.45) is 0 Å². The SMILES string of the molecule is Cc1ccn2c(F)c(C(=O)N3C[C@@H](O)[C@H](F)C3)nc2c1. The number of pyridine rings is 1. The summed E-state index contributed by atoms with van der Waals surface area (Å²) in [7, 11) is 0. The van der Waals surface area contributed by atoms with Gasteiger partial charge in [-0.15, -0.1) is 0 Å². The average Bonchev–Trinajstić information content (AvgIpc) is 2.90. The van der Waals surface area contributed by atoms with Crippen LogP contribution < -0.4 is 0 Å². The van der Waals surface area contributed by atoms with Crippen molar-refractivity contribution < 1.29 is 18.7 Å². The van der Waals surface area contributed by atoms with Gasteiger partial charge in [-0.1, -0.05) is 0 Å². The maximum Gasteiger partial charge on any atom is 0.277 e. The van der Waals surface area contributed by atoms with Crippen LogP contribution in [0.2, 0.25) is 0 Å². The third-order valence-corrected chi connectivity index (χ3v) is 3.43. The number of hydrogen-bond acceptors (Lipinski definition) is 3. The van der Waals surface area contributed by atoms with Gasteiger partial charge in [-0.05, 0) is 24.6 Å². The number of aliphatic hydroxyl groups excluding tert-OH is 1. The molecule has 1 fully saturated rings. The Kier molecular flexibility index (Phi) is 2.93. The Hall–Kier alpha value is -2.02. The van der Waals surface area contributed by atoms with Gasteiger partial charge in [0.15, 0.2) is 5.69 Å². The number of rotatable bonds is 1. The van der Waals surface area contributed by atoms with Crippen LogP contribution in [0, 0.1) is 12.9 Å². The predicted molar refractivity (Wildman–Crippen MR) is 66.7 cm³/mol. The first-order valence-electron chi connectivity index (χ1n) is 6.23. The Morgan fingerprint density at radius 1 is 1.50 bits per heavy atom. The lowest BCUT2D eigenvalue weighted by Gasteiger charge is -2.12. The van der Waals surface area contributed by atoms with Crippen molar-refractivity contribution in [2.75, 3.05) is 13.1 Å². The Bertz CT molecular complexity index is 676. The Balaban J connectivity index is 1.98. The number of aryl methyl sites for hydroxylation is 1. The molecule has 1 N–H and O–H groups in total. The number of amides is 1. The highest BCUT2D eigenvalue weighted by Crippen LogP contribution is 2.19. The molecule has 0 radical (unpaired) electrons. The first-order chi connectivity index (χ1) is 9.47. The van der Waals surface area contributed by atoms with Crippen LogP contribution in [0.3, 0.4) is 0 Å². The van der Waals surface area contributed by atoms with Gasteiger partial charge in [-0.2, -0.15) is 4.39 Å². The van der Waals surface area contributed by atoms with Crippen LogP contribution in [-0.4, -0.2) is 50.7 Å². The van der Waals surface area contributed by atoms with Crippen molar-refractivity contribution in [3.05, 3.63) is 35.5 Å². The molecule has 7 heteroatoms. The molecule has 2 aromatic rings. The van der Waals surface area contributed by atoms with Gasteiger partial charge in [0.2, 0.25) is 5.95 Å². The van der Waals surface area contributed by atoms with Gasteiger partial charge < -0.3 is 10.0 Å². The van der Waals surface area contributed by atoms with Gasteiger partial charge in [-0.25, -0.2) is 9.37 Å². The Morgan fingerprint density at radius 3 is 2.90 bits per heavy atom. The molecule has 3 rings (SSSR count). The molecular formula is C13H13F2N3O2. The molecule has 1 saturated heterocycles. The number of halogens is 2. The summed E-state index contributed by atoms with van der Waals surface area (Å²) in [6.07, 6.45) is -1.23. The van der Waals surface area contributed by atoms with E-state index in [1.54, 1.807) is 12.1 Å². The fourth-order valence-corrected chi connectivity index (χ4v) is 2.32. The van der Waals surface area contributed by atoms with Gasteiger partial charge >= 0.3 is 0 Å². The lowest BCUT2D eigenvalue weighted by molar-refractivity contribution is 0.0754. The minimum atomic E-state index is -1.50. The summed E-state index contributed by atoms with van der Waals surface area (Å²) in [5.41, 5.74) is 0.862. The number of β-amino-alcohol motifs (C(OH)–C–C–N with tert-alkyl or cyclic N) is 1. The number of nitrogens with zero attached hydrogens (tertiary/aromatic N) is 3. The minimum Gasteiger partial charge on any atom is -0.388 e. The fourth-order valence-electron chi connectivity index (χ4n) is 2.32. The van der Waals surface area contributed by atoms with Gasteiger partial charge in [0, 0.05) is 6.20 Å². The van der Waals surface area contributed by atoms with E-state index in [0.29, 0.717) is 5.65 Å². The smallest absolute Gasteiger partial charge is 0.277 e. The lowest BCUT2D eigenvalue weighted by atomic mass is 10.3. The molecule has 3 heterocycles. The maximum atomic E-state index is 14.2. The molecule has 2 atom stereocenters. The topological polar surface area (TPSA) is 57.8 Å². The summed E-state index contributed by atoms with van der Waals surface area (Å²) in [6, 6.07) is 3.35. The van der Waals surface area contributed by atoms with E-state index in [9.17, 15) is 18.7 Å². The molecule has 106 valence electrons. The van der Waals surface area contributed by atoms with Crippen LogP contribution in [0.25, 0.3) is 5.65 Å². The molecule has 0 saturated carbocycles. The van der Waals surface area contributed by atoms with Gasteiger partial charge in [0.25, 0.3) is 5.91 Å². The van der Waals surface area contributed by atoms with Gasteiger partial charge in [0.05, 0.1) is 13.1 Å². The number of imidazole rings is 1. The van der Waals surface area contributed by atoms with Crippen molar-refractivity contribution >= 4 is 11.6 Å². The molecule has 20 heavy (non-hydrogen) atoms. The van der Waals surface area contributed by atoms with E-state index < -0.39 is 24.1 Å². The van der Waals surface area contributed by atoms with Gasteiger partial charge in [-0.3, -0.25) is 9.20 Å². The normalized spacial score (nSPS) is 22.7. The van der Waals surface area contributed by atoms with Crippen molar-refractivity contribution in [1.82, 2.24) is 14.3 Å². The van der Waals surface area contributed by atoms with Crippen LogP contribution in [0.5, 0.6) is 0 Å². The first-order valence-corrected chi connectivity index (χ1v) is 6.23.